The van der Waals surface area contributed by atoms with Crippen LogP contribution in [-0.2, 0) is 31.3 Å². The lowest BCUT2D eigenvalue weighted by molar-refractivity contribution is -0.118. The highest BCUT2D eigenvalue weighted by Gasteiger charge is 2.37. The molecule has 3 N–H and O–H groups in total. The molecule has 1 amide bonds. The number of para-hydroxylation sites is 2. The number of carbonyl (C=O) groups is 1. The van der Waals surface area contributed by atoms with Crippen LogP contribution in [0.2, 0.25) is 0 Å². The number of rotatable bonds is 7. The van der Waals surface area contributed by atoms with E-state index in [1.807, 2.05) is 22.9 Å². The first-order chi connectivity index (χ1) is 17.5. The molecule has 1 fully saturated rings. The van der Waals surface area contributed by atoms with E-state index in [1.54, 1.807) is 30.3 Å². The average Bonchev–Trinajstić information content (AvgIpc) is 3.38. The van der Waals surface area contributed by atoms with Crippen LogP contribution in [0.4, 0.5) is 4.39 Å². The normalized spacial score (nSPS) is 18.1. The minimum absolute atomic E-state index is 0.0473. The van der Waals surface area contributed by atoms with Gasteiger partial charge in [-0.2, -0.15) is 0 Å². The molecule has 1 saturated heterocycles. The lowest BCUT2D eigenvalue weighted by atomic mass is 10.0. The highest BCUT2D eigenvalue weighted by atomic mass is 32.2. The minimum atomic E-state index is -4.06. The number of aryl methyl sites for hydroxylation is 1. The van der Waals surface area contributed by atoms with Gasteiger partial charge in [0.05, 0.1) is 28.4 Å². The Kier molecular flexibility index (Phi) is 6.34. The average molecular weight is 543 g/mol. The Morgan fingerprint density at radius 2 is 1.84 bits per heavy atom. The molecular formula is C25H23FN4O5S2. The van der Waals surface area contributed by atoms with Crippen molar-refractivity contribution in [2.24, 2.45) is 0 Å². The molecule has 4 aromatic rings. The lowest BCUT2D eigenvalue weighted by Gasteiger charge is -2.18. The van der Waals surface area contributed by atoms with Gasteiger partial charge in [0.25, 0.3) is 0 Å². The van der Waals surface area contributed by atoms with Crippen LogP contribution in [-0.4, -0.2) is 32.7 Å². The molecule has 0 aliphatic carbocycles. The molecule has 0 radical (unpaired) electrons. The van der Waals surface area contributed by atoms with Gasteiger partial charge in [-0.15, -0.1) is 0 Å². The van der Waals surface area contributed by atoms with E-state index >= 15 is 0 Å². The summed E-state index contributed by atoms with van der Waals surface area (Å²) in [4.78, 5) is 19.3. The Labute approximate surface area is 213 Å². The molecular weight excluding hydrogens is 519 g/mol. The highest BCUT2D eigenvalue weighted by molar-refractivity contribution is 7.90. The zero-order valence-corrected chi connectivity index (χ0v) is 21.2. The Balaban J connectivity index is 1.47. The second-order valence-electron chi connectivity index (χ2n) is 8.93. The van der Waals surface area contributed by atoms with Crippen molar-refractivity contribution in [1.82, 2.24) is 19.4 Å². The summed E-state index contributed by atoms with van der Waals surface area (Å²) in [6.45, 7) is 1.52. The predicted molar refractivity (Wildman–Crippen MR) is 135 cm³/mol. The van der Waals surface area contributed by atoms with E-state index in [2.05, 4.69) is 14.7 Å². The molecule has 1 aliphatic rings. The van der Waals surface area contributed by atoms with Crippen molar-refractivity contribution >= 4 is 37.0 Å². The first-order valence-corrected chi connectivity index (χ1v) is 14.4. The Morgan fingerprint density at radius 3 is 2.49 bits per heavy atom. The molecule has 9 nitrogen and oxygen atoms in total. The van der Waals surface area contributed by atoms with Gasteiger partial charge in [-0.05, 0) is 60.4 Å². The fourth-order valence-corrected chi connectivity index (χ4v) is 7.30. The number of benzene rings is 3. The monoisotopic (exact) mass is 542 g/mol. The quantitative estimate of drug-likeness (QED) is 0.328. The van der Waals surface area contributed by atoms with Crippen LogP contribution >= 0.6 is 0 Å². The number of aromatic amines is 1. The number of fused-ring (bicyclic) bond motifs is 1. The summed E-state index contributed by atoms with van der Waals surface area (Å²) in [5.41, 5.74) is 2.84. The molecule has 5 rings (SSSR count). The van der Waals surface area contributed by atoms with Crippen molar-refractivity contribution in [2.75, 3.05) is 0 Å². The summed E-state index contributed by atoms with van der Waals surface area (Å²) in [5, 5.41) is -0.972. The van der Waals surface area contributed by atoms with Crippen LogP contribution in [0, 0.1) is 12.7 Å². The van der Waals surface area contributed by atoms with Crippen LogP contribution in [0.1, 0.15) is 40.2 Å². The van der Waals surface area contributed by atoms with Crippen LogP contribution in [0.15, 0.2) is 71.6 Å². The number of H-pyrrole nitrogens is 1. The summed E-state index contributed by atoms with van der Waals surface area (Å²) in [6, 6.07) is 16.6. The zero-order chi connectivity index (χ0) is 26.4. The molecule has 2 atom stereocenters. The number of sulfonamides is 2. The summed E-state index contributed by atoms with van der Waals surface area (Å²) < 4.78 is 69.3. The summed E-state index contributed by atoms with van der Waals surface area (Å²) in [5.74, 6) is -0.696. The second-order valence-corrected chi connectivity index (χ2v) is 12.5. The summed E-state index contributed by atoms with van der Waals surface area (Å²) >= 11 is 0. The number of nitrogens with one attached hydrogen (secondary N) is 3. The molecule has 2 heterocycles. The molecule has 192 valence electrons. The van der Waals surface area contributed by atoms with Crippen LogP contribution in [0.25, 0.3) is 11.0 Å². The molecule has 1 aliphatic heterocycles. The number of aromatic nitrogens is 2. The zero-order valence-electron chi connectivity index (χ0n) is 19.6. The highest BCUT2D eigenvalue weighted by Crippen LogP contribution is 2.31. The van der Waals surface area contributed by atoms with Gasteiger partial charge in [-0.1, -0.05) is 36.4 Å². The van der Waals surface area contributed by atoms with Gasteiger partial charge in [0.15, 0.2) is 0 Å². The maximum absolute atomic E-state index is 13.6. The number of halogens is 1. The summed E-state index contributed by atoms with van der Waals surface area (Å²) in [6.07, 6.45) is 0.0360. The van der Waals surface area contributed by atoms with Crippen LogP contribution < -0.4 is 9.44 Å². The molecule has 0 spiro atoms. The van der Waals surface area contributed by atoms with Crippen molar-refractivity contribution in [3.05, 3.63) is 95.1 Å². The Bertz CT molecular complexity index is 1680. The molecule has 37 heavy (non-hydrogen) atoms. The minimum Gasteiger partial charge on any atom is -0.341 e. The van der Waals surface area contributed by atoms with Crippen molar-refractivity contribution in [1.29, 1.82) is 0 Å². The third kappa shape index (κ3) is 5.13. The number of nitrogens with zero attached hydrogens (tertiary/aromatic N) is 1. The maximum atomic E-state index is 13.6. The summed E-state index contributed by atoms with van der Waals surface area (Å²) in [7, 11) is -7.83. The largest absolute Gasteiger partial charge is 0.341 e. The third-order valence-corrected chi connectivity index (χ3v) is 9.59. The van der Waals surface area contributed by atoms with Gasteiger partial charge in [0.1, 0.15) is 16.9 Å². The first-order valence-electron chi connectivity index (χ1n) is 11.4. The van der Waals surface area contributed by atoms with E-state index in [0.29, 0.717) is 22.5 Å². The van der Waals surface area contributed by atoms with E-state index in [0.717, 1.165) is 17.6 Å². The Hall–Kier alpha value is -3.61. The number of amides is 1. The van der Waals surface area contributed by atoms with Crippen LogP contribution in [0.5, 0.6) is 0 Å². The molecule has 0 bridgehead atoms. The SMILES string of the molecule is Cc1cc(F)ccc1S(=O)(=O)N[C@@H](Cc1ccc(C2CC(=O)NS2(=O)=O)cc1)c1nc2ccccc2[nH]1. The first kappa shape index (κ1) is 25.1. The topological polar surface area (TPSA) is 138 Å². The number of hydrogen-bond acceptors (Lipinski definition) is 6. The number of carbonyl (C=O) groups excluding carboxylic acids is 1. The fraction of sp³-hybridized carbons (Fsp3) is 0.200. The van der Waals surface area contributed by atoms with Gasteiger partial charge in [-0.3, -0.25) is 9.52 Å². The van der Waals surface area contributed by atoms with Crippen molar-refractivity contribution in [2.45, 2.75) is 36.0 Å². The number of imidazole rings is 1. The molecule has 0 saturated carbocycles. The molecule has 12 heteroatoms. The lowest BCUT2D eigenvalue weighted by Crippen LogP contribution is -2.31. The van der Waals surface area contributed by atoms with E-state index in [4.69, 9.17) is 0 Å². The molecule has 1 unspecified atom stereocenters. The van der Waals surface area contributed by atoms with E-state index in [-0.39, 0.29) is 23.3 Å². The van der Waals surface area contributed by atoms with E-state index in [1.165, 1.54) is 13.0 Å². The Morgan fingerprint density at radius 1 is 1.11 bits per heavy atom. The fourth-order valence-electron chi connectivity index (χ4n) is 4.45. The predicted octanol–water partition coefficient (Wildman–Crippen LogP) is 3.16. The van der Waals surface area contributed by atoms with Gasteiger partial charge in [0, 0.05) is 0 Å². The van der Waals surface area contributed by atoms with Gasteiger partial charge >= 0.3 is 0 Å². The van der Waals surface area contributed by atoms with Gasteiger partial charge < -0.3 is 4.98 Å². The maximum Gasteiger partial charge on any atom is 0.242 e. The van der Waals surface area contributed by atoms with Crippen molar-refractivity contribution in [3.63, 3.8) is 0 Å². The molecule has 1 aromatic heterocycles. The molecule has 3 aromatic carbocycles. The smallest absolute Gasteiger partial charge is 0.242 e. The van der Waals surface area contributed by atoms with Crippen molar-refractivity contribution < 1.29 is 26.0 Å². The standard InChI is InChI=1S/C25H23FN4O5S2/c1-15-12-18(26)10-11-22(15)36(32,33)29-21(25-27-19-4-2-3-5-20(19)28-25)13-16-6-8-17(9-7-16)23-14-24(31)30-37(23,34)35/h2-12,21,23,29H,13-14H2,1H3,(H,27,28)(H,30,31)/t21-,23?/m0/s1. The van der Waals surface area contributed by atoms with E-state index < -0.39 is 43.1 Å². The second kappa shape index (κ2) is 9.36. The van der Waals surface area contributed by atoms with Gasteiger partial charge in [-0.25, -0.2) is 30.9 Å². The van der Waals surface area contributed by atoms with Crippen LogP contribution in [0.3, 0.4) is 0 Å². The van der Waals surface area contributed by atoms with Crippen molar-refractivity contribution in [3.8, 4) is 0 Å². The van der Waals surface area contributed by atoms with E-state index in [9.17, 15) is 26.0 Å². The van der Waals surface area contributed by atoms with Gasteiger partial charge in [0.2, 0.25) is 26.0 Å². The third-order valence-electron chi connectivity index (χ3n) is 6.25. The number of hydrogen-bond donors (Lipinski definition) is 3.